The zero-order chi connectivity index (χ0) is 29.8. The van der Waals surface area contributed by atoms with Crippen LogP contribution in [0.2, 0.25) is 0 Å². The molecule has 3 saturated heterocycles. The Kier molecular flexibility index (Phi) is 11.4. The Labute approximate surface area is 234 Å². The molecule has 0 aromatic heterocycles. The molecule has 0 radical (unpaired) electrons. The van der Waals surface area contributed by atoms with Crippen molar-refractivity contribution in [2.24, 2.45) is 0 Å². The molecule has 0 aliphatic carbocycles. The van der Waals surface area contributed by atoms with Gasteiger partial charge in [-0.15, -0.1) is 0 Å². The lowest BCUT2D eigenvalue weighted by molar-refractivity contribution is -0.380. The molecular formula is C25H38O16. The molecule has 3 aliphatic heterocycles. The van der Waals surface area contributed by atoms with E-state index in [0.29, 0.717) is 0 Å². The van der Waals surface area contributed by atoms with Gasteiger partial charge in [-0.25, -0.2) is 0 Å². The summed E-state index contributed by atoms with van der Waals surface area (Å²) in [6, 6.07) is 8.85. The maximum Gasteiger partial charge on any atom is 0.187 e. The standard InChI is InChI=1S/C25H38O16/c26-6-11-15(30)21(17(32)23(35)37-11)40-25-19(34)22(16(31)13(8-28)39-25)41-24-18(33)20(14(29)12(7-27)38-24)36-9-10-4-2-1-3-5-10/h1-5,11-35H,6-9H2/t11-,12-,13-,14+,15+,16+,17-,18-,19-,20+,21+,22+,23-,24+,25+/m1/s1. The first-order valence-corrected chi connectivity index (χ1v) is 13.1. The monoisotopic (exact) mass is 594 g/mol. The van der Waals surface area contributed by atoms with Crippen molar-refractivity contribution >= 4 is 0 Å². The Morgan fingerprint density at radius 3 is 1.49 bits per heavy atom. The molecule has 16 nitrogen and oxygen atoms in total. The topological polar surface area (TPSA) is 258 Å². The van der Waals surface area contributed by atoms with Crippen LogP contribution in [0.25, 0.3) is 0 Å². The molecule has 234 valence electrons. The molecule has 10 N–H and O–H groups in total. The zero-order valence-corrected chi connectivity index (χ0v) is 21.8. The fourth-order valence-corrected chi connectivity index (χ4v) is 4.99. The van der Waals surface area contributed by atoms with Gasteiger partial charge in [0.05, 0.1) is 26.4 Å². The lowest BCUT2D eigenvalue weighted by Crippen LogP contribution is -2.67. The van der Waals surface area contributed by atoms with E-state index in [4.69, 9.17) is 28.4 Å². The smallest absolute Gasteiger partial charge is 0.187 e. The van der Waals surface area contributed by atoms with Crippen molar-refractivity contribution in [1.29, 1.82) is 0 Å². The van der Waals surface area contributed by atoms with Crippen molar-refractivity contribution in [1.82, 2.24) is 0 Å². The minimum absolute atomic E-state index is 0.0219. The Balaban J connectivity index is 1.50. The average molecular weight is 595 g/mol. The number of hydrogen-bond donors (Lipinski definition) is 10. The van der Waals surface area contributed by atoms with Gasteiger partial charge in [-0.1, -0.05) is 30.3 Å². The van der Waals surface area contributed by atoms with E-state index in [0.717, 1.165) is 5.56 Å². The average Bonchev–Trinajstić information content (AvgIpc) is 2.97. The quantitative estimate of drug-likeness (QED) is 0.121. The molecule has 3 fully saturated rings. The highest BCUT2D eigenvalue weighted by Gasteiger charge is 2.53. The third kappa shape index (κ3) is 7.05. The van der Waals surface area contributed by atoms with Gasteiger partial charge in [0.1, 0.15) is 73.2 Å². The predicted octanol–water partition coefficient (Wildman–Crippen LogP) is -5.35. The second-order valence-corrected chi connectivity index (χ2v) is 10.1. The molecule has 0 bridgehead atoms. The molecule has 41 heavy (non-hydrogen) atoms. The highest BCUT2D eigenvalue weighted by atomic mass is 16.7. The van der Waals surface area contributed by atoms with Crippen LogP contribution in [0.3, 0.4) is 0 Å². The maximum absolute atomic E-state index is 11.0. The van der Waals surface area contributed by atoms with Crippen molar-refractivity contribution in [2.45, 2.75) is 98.7 Å². The molecule has 3 aliphatic rings. The van der Waals surface area contributed by atoms with E-state index in [1.54, 1.807) is 30.3 Å². The van der Waals surface area contributed by atoms with Gasteiger partial charge in [0, 0.05) is 0 Å². The van der Waals surface area contributed by atoms with Gasteiger partial charge in [0.2, 0.25) is 0 Å². The number of aliphatic hydroxyl groups is 10. The third-order valence-electron chi connectivity index (χ3n) is 7.35. The van der Waals surface area contributed by atoms with Gasteiger partial charge in [0.25, 0.3) is 0 Å². The van der Waals surface area contributed by atoms with Gasteiger partial charge in [-0.3, -0.25) is 0 Å². The molecule has 15 atom stereocenters. The van der Waals surface area contributed by atoms with Crippen LogP contribution in [0.5, 0.6) is 0 Å². The first-order chi connectivity index (χ1) is 19.6. The van der Waals surface area contributed by atoms with Crippen molar-refractivity contribution in [2.75, 3.05) is 19.8 Å². The van der Waals surface area contributed by atoms with E-state index in [9.17, 15) is 51.1 Å². The molecule has 16 heteroatoms. The molecule has 1 aromatic carbocycles. The molecule has 0 saturated carbocycles. The summed E-state index contributed by atoms with van der Waals surface area (Å²) in [5.74, 6) is 0. The van der Waals surface area contributed by atoms with Crippen molar-refractivity contribution in [3.63, 3.8) is 0 Å². The van der Waals surface area contributed by atoms with Gasteiger partial charge >= 0.3 is 0 Å². The summed E-state index contributed by atoms with van der Waals surface area (Å²) in [6.45, 7) is -2.27. The van der Waals surface area contributed by atoms with Crippen LogP contribution in [0.4, 0.5) is 0 Å². The largest absolute Gasteiger partial charge is 0.394 e. The molecule has 3 heterocycles. The van der Waals surface area contributed by atoms with Crippen LogP contribution in [0.1, 0.15) is 5.56 Å². The number of aliphatic hydroxyl groups excluding tert-OH is 10. The molecule has 4 rings (SSSR count). The van der Waals surface area contributed by atoms with Gasteiger partial charge < -0.3 is 79.5 Å². The molecule has 0 unspecified atom stereocenters. The second kappa shape index (κ2) is 14.4. The van der Waals surface area contributed by atoms with E-state index < -0.39 is 112 Å². The second-order valence-electron chi connectivity index (χ2n) is 10.1. The lowest BCUT2D eigenvalue weighted by atomic mass is 9.96. The van der Waals surface area contributed by atoms with Crippen LogP contribution >= 0.6 is 0 Å². The number of rotatable bonds is 10. The van der Waals surface area contributed by atoms with Crippen LogP contribution in [-0.4, -0.2) is 163 Å². The fraction of sp³-hybridized carbons (Fsp3) is 0.760. The van der Waals surface area contributed by atoms with Gasteiger partial charge in [0.15, 0.2) is 18.9 Å². The third-order valence-corrected chi connectivity index (χ3v) is 7.35. The van der Waals surface area contributed by atoms with Crippen molar-refractivity contribution in [3.8, 4) is 0 Å². The van der Waals surface area contributed by atoms with Crippen LogP contribution < -0.4 is 0 Å². The van der Waals surface area contributed by atoms with E-state index in [1.807, 2.05) is 0 Å². The first kappa shape index (κ1) is 32.5. The van der Waals surface area contributed by atoms with Gasteiger partial charge in [-0.2, -0.15) is 0 Å². The van der Waals surface area contributed by atoms with E-state index >= 15 is 0 Å². The maximum atomic E-state index is 11.0. The summed E-state index contributed by atoms with van der Waals surface area (Å²) in [6.07, 6.45) is -24.4. The number of ether oxygens (including phenoxy) is 6. The summed E-state index contributed by atoms with van der Waals surface area (Å²) >= 11 is 0. The van der Waals surface area contributed by atoms with E-state index in [2.05, 4.69) is 0 Å². The van der Waals surface area contributed by atoms with E-state index in [1.165, 1.54) is 0 Å². The predicted molar refractivity (Wildman–Crippen MR) is 130 cm³/mol. The lowest BCUT2D eigenvalue weighted by Gasteiger charge is -2.48. The summed E-state index contributed by atoms with van der Waals surface area (Å²) < 4.78 is 32.8. The molecule has 1 aromatic rings. The molecule has 0 spiro atoms. The summed E-state index contributed by atoms with van der Waals surface area (Å²) in [5.41, 5.74) is 0.725. The van der Waals surface area contributed by atoms with Crippen molar-refractivity contribution < 1.29 is 79.5 Å². The van der Waals surface area contributed by atoms with Gasteiger partial charge in [-0.05, 0) is 5.56 Å². The fourth-order valence-electron chi connectivity index (χ4n) is 4.99. The van der Waals surface area contributed by atoms with Crippen LogP contribution in [0, 0.1) is 0 Å². The molecule has 0 amide bonds. The Morgan fingerprint density at radius 2 is 0.976 bits per heavy atom. The Hall–Kier alpha value is -1.42. The van der Waals surface area contributed by atoms with Crippen LogP contribution in [-0.2, 0) is 35.0 Å². The SMILES string of the molecule is OC[C@H]1O[C@@H](O)[C@H](O)[C@@H](O[C@@H]2O[C@H](CO)[C@H](O)[C@H](O[C@@H]3O[C@H](CO)[C@H](O)[C@H](OCc4ccccc4)[C@H]3O)[C@H]2O)[C@H]1O. The number of benzene rings is 1. The first-order valence-electron chi connectivity index (χ1n) is 13.1. The van der Waals surface area contributed by atoms with E-state index in [-0.39, 0.29) is 6.61 Å². The highest BCUT2D eigenvalue weighted by Crippen LogP contribution is 2.33. The minimum atomic E-state index is -1.90. The summed E-state index contributed by atoms with van der Waals surface area (Å²) in [5, 5.41) is 103. The minimum Gasteiger partial charge on any atom is -0.394 e. The normalized spacial score (nSPS) is 45.5. The highest BCUT2D eigenvalue weighted by molar-refractivity contribution is 5.13. The zero-order valence-electron chi connectivity index (χ0n) is 21.8. The Bertz CT molecular complexity index is 926. The molecular weight excluding hydrogens is 556 g/mol. The summed E-state index contributed by atoms with van der Waals surface area (Å²) in [7, 11) is 0. The Morgan fingerprint density at radius 1 is 0.537 bits per heavy atom. The summed E-state index contributed by atoms with van der Waals surface area (Å²) in [4.78, 5) is 0. The number of hydrogen-bond acceptors (Lipinski definition) is 16. The van der Waals surface area contributed by atoms with Crippen LogP contribution in [0.15, 0.2) is 30.3 Å². The van der Waals surface area contributed by atoms with Crippen molar-refractivity contribution in [3.05, 3.63) is 35.9 Å².